The molecule has 1 N–H and O–H groups in total. The molecule has 0 bridgehead atoms. The summed E-state index contributed by atoms with van der Waals surface area (Å²) in [7, 11) is -3.35. The molecule has 0 radical (unpaired) electrons. The zero-order valence-corrected chi connectivity index (χ0v) is 14.8. The van der Waals surface area contributed by atoms with E-state index in [1.165, 1.54) is 18.4 Å². The molecule has 1 heterocycles. The zero-order valence-electron chi connectivity index (χ0n) is 14.0. The number of rotatable bonds is 3. The Morgan fingerprint density at radius 3 is 2.27 bits per heavy atom. The molecular weight excluding hydrogens is 349 g/mol. The van der Waals surface area contributed by atoms with Gasteiger partial charge in [0, 0.05) is 28.4 Å². The molecule has 5 heteroatoms. The third kappa shape index (κ3) is 2.91. The van der Waals surface area contributed by atoms with Crippen LogP contribution in [-0.2, 0) is 9.84 Å². The van der Waals surface area contributed by atoms with E-state index in [2.05, 4.69) is 4.98 Å². The highest BCUT2D eigenvalue weighted by Crippen LogP contribution is 2.35. The molecule has 0 saturated heterocycles. The Kier molecular flexibility index (Phi) is 3.89. The normalized spacial score (nSPS) is 11.8. The predicted octanol–water partition coefficient (Wildman–Crippen LogP) is 5.04. The number of hydrogen-bond acceptors (Lipinski definition) is 2. The Morgan fingerprint density at radius 2 is 1.54 bits per heavy atom. The molecule has 0 spiro atoms. The smallest absolute Gasteiger partial charge is 0.176 e. The van der Waals surface area contributed by atoms with Crippen LogP contribution >= 0.6 is 0 Å². The number of aromatic amines is 1. The van der Waals surface area contributed by atoms with Gasteiger partial charge in [0.25, 0.3) is 0 Å². The topological polar surface area (TPSA) is 49.9 Å². The van der Waals surface area contributed by atoms with E-state index in [0.717, 1.165) is 27.7 Å². The van der Waals surface area contributed by atoms with E-state index in [1.807, 2.05) is 36.4 Å². The van der Waals surface area contributed by atoms with Crippen LogP contribution in [0, 0.1) is 5.82 Å². The first-order valence-electron chi connectivity index (χ1n) is 8.10. The number of sulfone groups is 1. The Morgan fingerprint density at radius 1 is 0.846 bits per heavy atom. The molecule has 4 rings (SSSR count). The standard InChI is InChI=1S/C21H16FNO2S/c1-26(24,25)21-8-3-2-5-17(21)16-6-4-7-19-18(16)13-20(23-19)14-9-11-15(22)12-10-14/h2-13,23H,1H3. The Balaban J connectivity index is 1.95. The van der Waals surface area contributed by atoms with Crippen molar-refractivity contribution in [3.8, 4) is 22.4 Å². The summed E-state index contributed by atoms with van der Waals surface area (Å²) in [5.74, 6) is -0.285. The summed E-state index contributed by atoms with van der Waals surface area (Å²) >= 11 is 0. The molecule has 0 unspecified atom stereocenters. The monoisotopic (exact) mass is 365 g/mol. The van der Waals surface area contributed by atoms with Crippen molar-refractivity contribution in [2.45, 2.75) is 4.90 Å². The van der Waals surface area contributed by atoms with Crippen LogP contribution in [0.4, 0.5) is 4.39 Å². The van der Waals surface area contributed by atoms with Crippen LogP contribution in [0.3, 0.4) is 0 Å². The summed E-state index contributed by atoms with van der Waals surface area (Å²) in [6, 6.07) is 21.0. The third-order valence-corrected chi connectivity index (χ3v) is 5.55. The number of fused-ring (bicyclic) bond motifs is 1. The van der Waals surface area contributed by atoms with Crippen LogP contribution in [0.2, 0.25) is 0 Å². The van der Waals surface area contributed by atoms with Crippen LogP contribution in [0.15, 0.2) is 77.7 Å². The Labute approximate surface area is 151 Å². The Hall–Kier alpha value is -2.92. The van der Waals surface area contributed by atoms with Crippen molar-refractivity contribution in [3.63, 3.8) is 0 Å². The lowest BCUT2D eigenvalue weighted by molar-refractivity contribution is 0.602. The lowest BCUT2D eigenvalue weighted by atomic mass is 10.0. The lowest BCUT2D eigenvalue weighted by Crippen LogP contribution is -1.99. The first kappa shape index (κ1) is 16.5. The van der Waals surface area contributed by atoms with Crippen molar-refractivity contribution in [2.24, 2.45) is 0 Å². The van der Waals surface area contributed by atoms with Gasteiger partial charge in [0.05, 0.1) is 4.90 Å². The fourth-order valence-corrected chi connectivity index (χ4v) is 4.09. The SMILES string of the molecule is CS(=O)(=O)c1ccccc1-c1cccc2[nH]c(-c3ccc(F)cc3)cc12. The lowest BCUT2D eigenvalue weighted by Gasteiger charge is -2.09. The summed E-state index contributed by atoms with van der Waals surface area (Å²) in [6.45, 7) is 0. The van der Waals surface area contributed by atoms with Crippen LogP contribution in [0.25, 0.3) is 33.3 Å². The number of hydrogen-bond donors (Lipinski definition) is 1. The molecule has 3 aromatic carbocycles. The third-order valence-electron chi connectivity index (χ3n) is 4.40. The first-order chi connectivity index (χ1) is 12.4. The second-order valence-electron chi connectivity index (χ2n) is 6.23. The van der Waals surface area contributed by atoms with Gasteiger partial charge in [-0.2, -0.15) is 0 Å². The quantitative estimate of drug-likeness (QED) is 0.553. The van der Waals surface area contributed by atoms with E-state index in [-0.39, 0.29) is 5.82 Å². The van der Waals surface area contributed by atoms with Crippen molar-refractivity contribution in [1.29, 1.82) is 0 Å². The second kappa shape index (κ2) is 6.11. The fraction of sp³-hybridized carbons (Fsp3) is 0.0476. The highest BCUT2D eigenvalue weighted by Gasteiger charge is 2.16. The van der Waals surface area contributed by atoms with Crippen molar-refractivity contribution in [1.82, 2.24) is 4.98 Å². The molecule has 0 amide bonds. The van der Waals surface area contributed by atoms with Gasteiger partial charge in [-0.05, 0) is 53.6 Å². The van der Waals surface area contributed by atoms with Gasteiger partial charge >= 0.3 is 0 Å². The van der Waals surface area contributed by atoms with Gasteiger partial charge in [0.15, 0.2) is 9.84 Å². The molecule has 3 nitrogen and oxygen atoms in total. The molecular formula is C21H16FNO2S. The minimum atomic E-state index is -3.35. The molecule has 0 atom stereocenters. The fourth-order valence-electron chi connectivity index (χ4n) is 3.19. The number of H-pyrrole nitrogens is 1. The summed E-state index contributed by atoms with van der Waals surface area (Å²) in [5, 5.41) is 0.919. The van der Waals surface area contributed by atoms with Crippen LogP contribution in [0.1, 0.15) is 0 Å². The van der Waals surface area contributed by atoms with Gasteiger partial charge in [-0.1, -0.05) is 30.3 Å². The number of aromatic nitrogens is 1. The molecule has 0 aliphatic rings. The maximum absolute atomic E-state index is 13.2. The predicted molar refractivity (Wildman–Crippen MR) is 102 cm³/mol. The average molecular weight is 365 g/mol. The Bertz CT molecular complexity index is 1210. The van der Waals surface area contributed by atoms with Crippen molar-refractivity contribution < 1.29 is 12.8 Å². The van der Waals surface area contributed by atoms with Gasteiger partial charge in [-0.3, -0.25) is 0 Å². The first-order valence-corrected chi connectivity index (χ1v) is 10.00. The van der Waals surface area contributed by atoms with E-state index < -0.39 is 9.84 Å². The van der Waals surface area contributed by atoms with Gasteiger partial charge in [-0.15, -0.1) is 0 Å². The van der Waals surface area contributed by atoms with Crippen molar-refractivity contribution in [3.05, 3.63) is 78.6 Å². The molecule has 0 saturated carbocycles. The second-order valence-corrected chi connectivity index (χ2v) is 8.21. The molecule has 26 heavy (non-hydrogen) atoms. The molecule has 1 aromatic heterocycles. The van der Waals surface area contributed by atoms with Gasteiger partial charge in [-0.25, -0.2) is 12.8 Å². The van der Waals surface area contributed by atoms with Gasteiger partial charge in [0.2, 0.25) is 0 Å². The van der Waals surface area contributed by atoms with Crippen LogP contribution in [-0.4, -0.2) is 19.7 Å². The number of benzene rings is 3. The van der Waals surface area contributed by atoms with Crippen molar-refractivity contribution in [2.75, 3.05) is 6.26 Å². The van der Waals surface area contributed by atoms with E-state index in [9.17, 15) is 12.8 Å². The summed E-state index contributed by atoms with van der Waals surface area (Å²) in [6.07, 6.45) is 1.22. The maximum atomic E-state index is 13.2. The average Bonchev–Trinajstić information content (AvgIpc) is 3.06. The minimum absolute atomic E-state index is 0.285. The van der Waals surface area contributed by atoms with E-state index >= 15 is 0 Å². The summed E-state index contributed by atoms with van der Waals surface area (Å²) < 4.78 is 37.5. The van der Waals surface area contributed by atoms with Crippen molar-refractivity contribution >= 4 is 20.7 Å². The molecule has 4 aromatic rings. The van der Waals surface area contributed by atoms with E-state index in [0.29, 0.717) is 10.5 Å². The van der Waals surface area contributed by atoms with E-state index in [4.69, 9.17) is 0 Å². The molecule has 0 fully saturated rings. The summed E-state index contributed by atoms with van der Waals surface area (Å²) in [5.41, 5.74) is 4.12. The highest BCUT2D eigenvalue weighted by molar-refractivity contribution is 7.90. The minimum Gasteiger partial charge on any atom is -0.355 e. The number of halogens is 1. The zero-order chi connectivity index (χ0) is 18.3. The van der Waals surface area contributed by atoms with Crippen LogP contribution in [0.5, 0.6) is 0 Å². The highest BCUT2D eigenvalue weighted by atomic mass is 32.2. The van der Waals surface area contributed by atoms with Gasteiger partial charge < -0.3 is 4.98 Å². The van der Waals surface area contributed by atoms with Crippen LogP contribution < -0.4 is 0 Å². The summed E-state index contributed by atoms with van der Waals surface area (Å²) in [4.78, 5) is 3.63. The molecule has 0 aliphatic carbocycles. The number of nitrogens with one attached hydrogen (secondary N) is 1. The van der Waals surface area contributed by atoms with Gasteiger partial charge in [0.1, 0.15) is 5.82 Å². The maximum Gasteiger partial charge on any atom is 0.176 e. The largest absolute Gasteiger partial charge is 0.355 e. The van der Waals surface area contributed by atoms with E-state index in [1.54, 1.807) is 24.3 Å². The molecule has 0 aliphatic heterocycles. The molecule has 130 valence electrons.